The maximum Gasteiger partial charge on any atom is 0.130 e. The van der Waals surface area contributed by atoms with Crippen LogP contribution in [0.25, 0.3) is 52.9 Å². The third kappa shape index (κ3) is 5.42. The molecule has 4 atom stereocenters. The first-order valence-electron chi connectivity index (χ1n) is 17.6. The van der Waals surface area contributed by atoms with Crippen LogP contribution in [0.2, 0.25) is 0 Å². The van der Waals surface area contributed by atoms with Crippen molar-refractivity contribution in [1.82, 2.24) is 21.3 Å². The van der Waals surface area contributed by atoms with Gasteiger partial charge in [-0.15, -0.1) is 34.0 Å². The molecular weight excluding hydrogens is 685 g/mol. The highest BCUT2D eigenvalue weighted by atomic mass is 32.1. The van der Waals surface area contributed by atoms with Crippen molar-refractivity contribution in [2.75, 3.05) is 20.0 Å². The van der Waals surface area contributed by atoms with E-state index in [4.69, 9.17) is 4.99 Å². The number of thiophene rings is 3. The van der Waals surface area contributed by atoms with E-state index in [0.717, 1.165) is 24.1 Å². The third-order valence-corrected chi connectivity index (χ3v) is 14.4. The van der Waals surface area contributed by atoms with Crippen LogP contribution < -0.4 is 32.0 Å². The number of nitrogens with zero attached hydrogens (tertiary/aromatic N) is 2. The number of aryl methyl sites for hydroxylation is 1. The normalized spacial score (nSPS) is 23.4. The molecule has 2 aromatic carbocycles. The first-order chi connectivity index (χ1) is 25.0. The molecule has 5 aliphatic rings. The quantitative estimate of drug-likeness (QED) is 0.146. The highest BCUT2D eigenvalue weighted by molar-refractivity contribution is 7.19. The molecule has 9 heteroatoms. The Morgan fingerprint density at radius 2 is 0.941 bits per heavy atom. The lowest BCUT2D eigenvalue weighted by molar-refractivity contribution is 0.656. The van der Waals surface area contributed by atoms with Crippen LogP contribution in [0.15, 0.2) is 112 Å². The lowest BCUT2D eigenvalue weighted by atomic mass is 9.89. The Morgan fingerprint density at radius 3 is 1.49 bits per heavy atom. The van der Waals surface area contributed by atoms with Crippen molar-refractivity contribution in [1.29, 1.82) is 0 Å². The molecule has 10 rings (SSSR count). The van der Waals surface area contributed by atoms with Crippen LogP contribution in [0.1, 0.15) is 29.2 Å². The van der Waals surface area contributed by atoms with Gasteiger partial charge in [0.05, 0.1) is 22.8 Å². The molecule has 2 aliphatic carbocycles. The maximum atomic E-state index is 4.77. The van der Waals surface area contributed by atoms with Crippen molar-refractivity contribution < 1.29 is 0 Å². The van der Waals surface area contributed by atoms with E-state index < -0.39 is 0 Å². The molecule has 0 bridgehead atoms. The summed E-state index contributed by atoms with van der Waals surface area (Å²) in [6.07, 6.45) is 9.18. The molecule has 3 aliphatic heterocycles. The smallest absolute Gasteiger partial charge is 0.130 e. The molecular formula is C42H38N6S3. The fourth-order valence-electron chi connectivity index (χ4n) is 8.19. The molecule has 0 amide bonds. The average Bonchev–Trinajstić information content (AvgIpc) is 3.98. The molecule has 254 valence electrons. The second-order valence-electron chi connectivity index (χ2n) is 14.0. The highest BCUT2D eigenvalue weighted by Gasteiger charge is 2.35. The van der Waals surface area contributed by atoms with Crippen molar-refractivity contribution >= 4 is 45.2 Å². The highest BCUT2D eigenvalue weighted by Crippen LogP contribution is 2.44. The minimum atomic E-state index is 0.303. The summed E-state index contributed by atoms with van der Waals surface area (Å²) in [6, 6.07) is 26.6. The van der Waals surface area contributed by atoms with E-state index in [1.54, 1.807) is 0 Å². The van der Waals surface area contributed by atoms with Crippen molar-refractivity contribution in [2.45, 2.75) is 44.9 Å². The van der Waals surface area contributed by atoms with Crippen molar-refractivity contribution in [3.8, 4) is 41.8 Å². The molecule has 3 aromatic heterocycles. The van der Waals surface area contributed by atoms with Crippen molar-refractivity contribution in [3.63, 3.8) is 0 Å². The van der Waals surface area contributed by atoms with Crippen LogP contribution in [0, 0.1) is 6.92 Å². The zero-order chi connectivity index (χ0) is 34.2. The van der Waals surface area contributed by atoms with E-state index in [1.807, 2.05) is 34.0 Å². The number of fused-ring (bicyclic) bond motifs is 3. The Hall–Kier alpha value is -4.06. The SMILES string of the molecule is CC1=CC=C(c2ccc(-c3cc(-c4ccc(C5=CC=C(C)C6NCNC56)s4)cc(-c4ccc(-c5ccc(C)c6c5=NCN=6)s4)c3)s2)C2NCNC12. The van der Waals surface area contributed by atoms with Crippen molar-refractivity contribution in [3.05, 3.63) is 128 Å². The molecule has 51 heavy (non-hydrogen) atoms. The zero-order valence-electron chi connectivity index (χ0n) is 28.7. The molecule has 2 fully saturated rings. The summed E-state index contributed by atoms with van der Waals surface area (Å²) in [5.41, 5.74) is 11.6. The summed E-state index contributed by atoms with van der Waals surface area (Å²) in [5.74, 6) is 0. The summed E-state index contributed by atoms with van der Waals surface area (Å²) in [4.78, 5) is 17.1. The number of hydrogen-bond acceptors (Lipinski definition) is 9. The molecule has 5 aromatic rings. The van der Waals surface area contributed by atoms with E-state index in [1.165, 1.54) is 79.4 Å². The maximum absolute atomic E-state index is 4.77. The van der Waals surface area contributed by atoms with E-state index in [-0.39, 0.29) is 0 Å². The Kier molecular flexibility index (Phi) is 7.80. The molecule has 2 saturated heterocycles. The van der Waals surface area contributed by atoms with E-state index >= 15 is 0 Å². The van der Waals surface area contributed by atoms with Crippen LogP contribution in [-0.4, -0.2) is 44.2 Å². The molecule has 0 saturated carbocycles. The Bertz CT molecular complexity index is 2380. The molecule has 0 radical (unpaired) electrons. The van der Waals surface area contributed by atoms with Crippen LogP contribution in [-0.2, 0) is 0 Å². The predicted octanol–water partition coefficient (Wildman–Crippen LogP) is 7.52. The first-order valence-corrected chi connectivity index (χ1v) is 20.1. The van der Waals surface area contributed by atoms with Gasteiger partial charge in [-0.05, 0) is 109 Å². The van der Waals surface area contributed by atoms with Gasteiger partial charge in [-0.1, -0.05) is 47.6 Å². The molecule has 4 N–H and O–H groups in total. The summed E-state index contributed by atoms with van der Waals surface area (Å²) in [7, 11) is 0. The van der Waals surface area contributed by atoms with E-state index in [9.17, 15) is 0 Å². The van der Waals surface area contributed by atoms with Crippen LogP contribution in [0.3, 0.4) is 0 Å². The monoisotopic (exact) mass is 722 g/mol. The number of nitrogens with one attached hydrogen (secondary N) is 4. The molecule has 0 spiro atoms. The van der Waals surface area contributed by atoms with Gasteiger partial charge in [0.2, 0.25) is 0 Å². The minimum absolute atomic E-state index is 0.303. The molecule has 6 heterocycles. The van der Waals surface area contributed by atoms with E-state index in [2.05, 4.69) is 138 Å². The standard InChI is InChI=1S/C42H38N6S3/c1-22-4-7-28(40-37(22)43-19-46-40)34-13-10-31(49-34)25-16-26(32-11-14-35(50-32)29-8-5-23(2)38-41(29)47-20-44-38)18-27(17-25)33-12-15-36(51-33)30-9-6-24(3)39-42(30)48-21-45-39/h4-18,37-38,40-41,43-44,46-47H,19-21H2,1-3H3. The number of benzene rings is 2. The zero-order valence-corrected chi connectivity index (χ0v) is 31.2. The number of allylic oxidation sites excluding steroid dienone is 4. The van der Waals surface area contributed by atoms with Crippen molar-refractivity contribution in [2.24, 2.45) is 9.98 Å². The number of rotatable bonds is 6. The van der Waals surface area contributed by atoms with Crippen LogP contribution in [0.5, 0.6) is 0 Å². The predicted molar refractivity (Wildman–Crippen MR) is 215 cm³/mol. The van der Waals surface area contributed by atoms with Gasteiger partial charge in [-0.2, -0.15) is 0 Å². The second-order valence-corrected chi connectivity index (χ2v) is 17.3. The third-order valence-electron chi connectivity index (χ3n) is 10.9. The Morgan fingerprint density at radius 1 is 0.490 bits per heavy atom. The Balaban J connectivity index is 1.06. The molecule has 6 nitrogen and oxygen atoms in total. The molecule has 4 unspecified atom stereocenters. The van der Waals surface area contributed by atoms with Crippen LogP contribution in [0.4, 0.5) is 0 Å². The summed E-state index contributed by atoms with van der Waals surface area (Å²) in [6.45, 7) is 8.76. The minimum Gasteiger partial charge on any atom is -0.296 e. The average molecular weight is 723 g/mol. The topological polar surface area (TPSA) is 72.8 Å². The van der Waals surface area contributed by atoms with Gasteiger partial charge >= 0.3 is 0 Å². The van der Waals surface area contributed by atoms with Gasteiger partial charge in [0, 0.05) is 60.2 Å². The van der Waals surface area contributed by atoms with Gasteiger partial charge in [-0.25, -0.2) is 0 Å². The van der Waals surface area contributed by atoms with Gasteiger partial charge in [0.15, 0.2) is 0 Å². The van der Waals surface area contributed by atoms with Gasteiger partial charge < -0.3 is 0 Å². The van der Waals surface area contributed by atoms with Gasteiger partial charge in [0.25, 0.3) is 0 Å². The largest absolute Gasteiger partial charge is 0.296 e. The summed E-state index contributed by atoms with van der Waals surface area (Å²) < 4.78 is 0. The van der Waals surface area contributed by atoms with Gasteiger partial charge in [-0.3, -0.25) is 31.3 Å². The lowest BCUT2D eigenvalue weighted by Gasteiger charge is -2.25. The second kappa shape index (κ2) is 12.6. The lowest BCUT2D eigenvalue weighted by Crippen LogP contribution is -2.36. The first kappa shape index (κ1) is 31.7. The summed E-state index contributed by atoms with van der Waals surface area (Å²) in [5, 5.41) is 16.7. The van der Waals surface area contributed by atoms with E-state index in [0.29, 0.717) is 30.8 Å². The fraction of sp³-hybridized carbons (Fsp3) is 0.238. The Labute approximate surface area is 309 Å². The number of hydrogen-bond donors (Lipinski definition) is 4. The van der Waals surface area contributed by atoms with Crippen LogP contribution >= 0.6 is 34.0 Å². The fourth-order valence-corrected chi connectivity index (χ4v) is 11.3. The van der Waals surface area contributed by atoms with Gasteiger partial charge in [0.1, 0.15) is 6.67 Å². The summed E-state index contributed by atoms with van der Waals surface area (Å²) >= 11 is 5.63.